The molecule has 26 heavy (non-hydrogen) atoms. The molecule has 0 bridgehead atoms. The second-order valence-electron chi connectivity index (χ2n) is 7.01. The Morgan fingerprint density at radius 3 is 2.58 bits per heavy atom. The normalized spacial score (nSPS) is 17.9. The van der Waals surface area contributed by atoms with Gasteiger partial charge in [0.25, 0.3) is 5.91 Å². The number of benzene rings is 1. The van der Waals surface area contributed by atoms with Crippen LogP contribution in [-0.4, -0.2) is 55.1 Å². The van der Waals surface area contributed by atoms with Crippen LogP contribution < -0.4 is 9.80 Å². The number of anilines is 2. The molecule has 0 radical (unpaired) electrons. The lowest BCUT2D eigenvalue weighted by Gasteiger charge is -2.35. The number of amides is 1. The molecule has 0 saturated carbocycles. The van der Waals surface area contributed by atoms with E-state index in [-0.39, 0.29) is 5.91 Å². The van der Waals surface area contributed by atoms with Crippen molar-refractivity contribution in [2.24, 2.45) is 0 Å². The predicted octanol–water partition coefficient (Wildman–Crippen LogP) is 2.82. The van der Waals surface area contributed by atoms with Crippen LogP contribution in [0.5, 0.6) is 0 Å². The second kappa shape index (κ2) is 7.46. The summed E-state index contributed by atoms with van der Waals surface area (Å²) in [4.78, 5) is 24.2. The van der Waals surface area contributed by atoms with Gasteiger partial charge in [-0.05, 0) is 43.1 Å². The second-order valence-corrected chi connectivity index (χ2v) is 7.01. The van der Waals surface area contributed by atoms with Crippen LogP contribution in [0.3, 0.4) is 0 Å². The lowest BCUT2D eigenvalue weighted by molar-refractivity contribution is 0.0980. The van der Waals surface area contributed by atoms with Crippen LogP contribution in [0, 0.1) is 0 Å². The molecule has 3 heterocycles. The molecule has 0 unspecified atom stereocenters. The van der Waals surface area contributed by atoms with Crippen molar-refractivity contribution >= 4 is 17.3 Å². The number of likely N-dealkylation sites (N-methyl/N-ethyl adjacent to an activating group) is 1. The summed E-state index contributed by atoms with van der Waals surface area (Å²) in [5.41, 5.74) is 3.91. The number of fused-ring (bicyclic) bond motifs is 1. The van der Waals surface area contributed by atoms with E-state index < -0.39 is 0 Å². The Bertz CT molecular complexity index is 766. The zero-order chi connectivity index (χ0) is 17.9. The van der Waals surface area contributed by atoms with Gasteiger partial charge in [-0.25, -0.2) is 4.98 Å². The molecule has 0 atom stereocenters. The monoisotopic (exact) mass is 350 g/mol. The molecule has 2 aliphatic rings. The van der Waals surface area contributed by atoms with Gasteiger partial charge >= 0.3 is 0 Å². The average molecular weight is 350 g/mol. The Labute approximate surface area is 155 Å². The van der Waals surface area contributed by atoms with E-state index in [1.54, 1.807) is 0 Å². The molecule has 5 nitrogen and oxygen atoms in total. The Hall–Kier alpha value is -2.40. The van der Waals surface area contributed by atoms with Crippen molar-refractivity contribution in [3.8, 4) is 0 Å². The molecule has 0 spiro atoms. The van der Waals surface area contributed by atoms with E-state index in [1.807, 2.05) is 41.4 Å². The third-order valence-electron chi connectivity index (χ3n) is 5.51. The van der Waals surface area contributed by atoms with Gasteiger partial charge in [-0.3, -0.25) is 4.79 Å². The standard InChI is InChI=1S/C21H26N4O/c1-2-23-12-14-24(15-13-23)18-9-10-19(22-16-18)21(26)25-11-5-7-17-6-3-4-8-20(17)25/h3-4,6,8-10,16H,2,5,7,11-15H2,1H3. The van der Waals surface area contributed by atoms with E-state index >= 15 is 0 Å². The smallest absolute Gasteiger partial charge is 0.276 e. The highest BCUT2D eigenvalue weighted by Crippen LogP contribution is 2.28. The fourth-order valence-electron chi connectivity index (χ4n) is 3.90. The third kappa shape index (κ3) is 3.31. The average Bonchev–Trinajstić information content (AvgIpc) is 2.73. The third-order valence-corrected chi connectivity index (χ3v) is 5.51. The first-order valence-corrected chi connectivity index (χ1v) is 9.59. The molecule has 5 heteroatoms. The van der Waals surface area contributed by atoms with Gasteiger partial charge in [-0.15, -0.1) is 0 Å². The molecule has 1 aromatic carbocycles. The van der Waals surface area contributed by atoms with Crippen molar-refractivity contribution in [1.29, 1.82) is 0 Å². The van der Waals surface area contributed by atoms with Gasteiger partial charge in [0.05, 0.1) is 11.9 Å². The highest BCUT2D eigenvalue weighted by Gasteiger charge is 2.24. The molecule has 2 aliphatic heterocycles. The molecule has 0 N–H and O–H groups in total. The SMILES string of the molecule is CCN1CCN(c2ccc(C(=O)N3CCCc4ccccc43)nc2)CC1. The first-order valence-electron chi connectivity index (χ1n) is 9.59. The van der Waals surface area contributed by atoms with E-state index in [1.165, 1.54) is 5.56 Å². The summed E-state index contributed by atoms with van der Waals surface area (Å²) in [7, 11) is 0. The lowest BCUT2D eigenvalue weighted by Crippen LogP contribution is -2.46. The van der Waals surface area contributed by atoms with Crippen LogP contribution in [-0.2, 0) is 6.42 Å². The molecule has 1 fully saturated rings. The summed E-state index contributed by atoms with van der Waals surface area (Å²) in [5, 5.41) is 0. The zero-order valence-corrected chi connectivity index (χ0v) is 15.4. The number of hydrogen-bond donors (Lipinski definition) is 0. The minimum absolute atomic E-state index is 0.000461. The van der Waals surface area contributed by atoms with E-state index in [0.717, 1.165) is 63.5 Å². The maximum absolute atomic E-state index is 13.0. The number of aromatic nitrogens is 1. The van der Waals surface area contributed by atoms with Gasteiger partial charge in [-0.2, -0.15) is 0 Å². The molecular formula is C21H26N4O. The van der Waals surface area contributed by atoms with Crippen LogP contribution in [0.15, 0.2) is 42.6 Å². The Morgan fingerprint density at radius 2 is 1.85 bits per heavy atom. The van der Waals surface area contributed by atoms with Crippen LogP contribution in [0.2, 0.25) is 0 Å². The van der Waals surface area contributed by atoms with Crippen molar-refractivity contribution in [3.05, 3.63) is 53.9 Å². The molecule has 1 amide bonds. The van der Waals surface area contributed by atoms with Crippen LogP contribution in [0.4, 0.5) is 11.4 Å². The molecule has 2 aromatic rings. The predicted molar refractivity (Wildman–Crippen MR) is 105 cm³/mol. The summed E-state index contributed by atoms with van der Waals surface area (Å²) in [6.45, 7) is 8.28. The zero-order valence-electron chi connectivity index (χ0n) is 15.4. The highest BCUT2D eigenvalue weighted by molar-refractivity contribution is 6.05. The summed E-state index contributed by atoms with van der Waals surface area (Å²) in [6.07, 6.45) is 3.89. The minimum Gasteiger partial charge on any atom is -0.368 e. The van der Waals surface area contributed by atoms with Gasteiger partial charge in [0, 0.05) is 38.4 Å². The van der Waals surface area contributed by atoms with E-state index in [0.29, 0.717) is 5.69 Å². The fraction of sp³-hybridized carbons (Fsp3) is 0.429. The topological polar surface area (TPSA) is 39.7 Å². The number of nitrogens with zero attached hydrogens (tertiary/aromatic N) is 4. The van der Waals surface area contributed by atoms with Gasteiger partial charge in [0.2, 0.25) is 0 Å². The number of carbonyl (C=O) groups is 1. The number of pyridine rings is 1. The Morgan fingerprint density at radius 1 is 1.04 bits per heavy atom. The summed E-state index contributed by atoms with van der Waals surface area (Å²) < 4.78 is 0. The van der Waals surface area contributed by atoms with Gasteiger partial charge in [0.1, 0.15) is 5.69 Å². The molecule has 0 aliphatic carbocycles. The summed E-state index contributed by atoms with van der Waals surface area (Å²) in [5.74, 6) is -0.000461. The highest BCUT2D eigenvalue weighted by atomic mass is 16.2. The van der Waals surface area contributed by atoms with Crippen molar-refractivity contribution in [1.82, 2.24) is 9.88 Å². The Balaban J connectivity index is 1.48. The van der Waals surface area contributed by atoms with Crippen molar-refractivity contribution in [2.45, 2.75) is 19.8 Å². The quantitative estimate of drug-likeness (QED) is 0.853. The van der Waals surface area contributed by atoms with Crippen LogP contribution in [0.1, 0.15) is 29.4 Å². The van der Waals surface area contributed by atoms with Crippen LogP contribution in [0.25, 0.3) is 0 Å². The lowest BCUT2D eigenvalue weighted by atomic mass is 10.0. The Kier molecular flexibility index (Phi) is 4.89. The van der Waals surface area contributed by atoms with Crippen molar-refractivity contribution in [3.63, 3.8) is 0 Å². The number of para-hydroxylation sites is 1. The van der Waals surface area contributed by atoms with Crippen molar-refractivity contribution < 1.29 is 4.79 Å². The van der Waals surface area contributed by atoms with Crippen LogP contribution >= 0.6 is 0 Å². The first kappa shape index (κ1) is 17.0. The molecule has 4 rings (SSSR count). The number of carbonyl (C=O) groups excluding carboxylic acids is 1. The summed E-state index contributed by atoms with van der Waals surface area (Å²) >= 11 is 0. The van der Waals surface area contributed by atoms with E-state index in [2.05, 4.69) is 27.8 Å². The van der Waals surface area contributed by atoms with E-state index in [9.17, 15) is 4.79 Å². The minimum atomic E-state index is -0.000461. The fourth-order valence-corrected chi connectivity index (χ4v) is 3.90. The number of rotatable bonds is 3. The molecule has 1 saturated heterocycles. The summed E-state index contributed by atoms with van der Waals surface area (Å²) in [6, 6.07) is 12.1. The number of aryl methyl sites for hydroxylation is 1. The largest absolute Gasteiger partial charge is 0.368 e. The van der Waals surface area contributed by atoms with Gasteiger partial charge in [-0.1, -0.05) is 25.1 Å². The van der Waals surface area contributed by atoms with Crippen molar-refractivity contribution in [2.75, 3.05) is 49.1 Å². The molecular weight excluding hydrogens is 324 g/mol. The van der Waals surface area contributed by atoms with Gasteiger partial charge in [0.15, 0.2) is 0 Å². The number of hydrogen-bond acceptors (Lipinski definition) is 4. The maximum Gasteiger partial charge on any atom is 0.276 e. The van der Waals surface area contributed by atoms with Gasteiger partial charge < -0.3 is 14.7 Å². The molecule has 1 aromatic heterocycles. The van der Waals surface area contributed by atoms with E-state index in [4.69, 9.17) is 0 Å². The number of piperazine rings is 1. The maximum atomic E-state index is 13.0. The molecule has 136 valence electrons. The first-order chi connectivity index (χ1) is 12.8.